The normalized spacial score (nSPS) is 17.2. The Morgan fingerprint density at radius 1 is 1.16 bits per heavy atom. The maximum atomic E-state index is 13.4. The molecule has 1 N–H and O–H groups in total. The Hall–Kier alpha value is -1.58. The second kappa shape index (κ2) is 4.83. The molecule has 19 heavy (non-hydrogen) atoms. The highest BCUT2D eigenvalue weighted by molar-refractivity contribution is 7.80. The van der Waals surface area contributed by atoms with Crippen molar-refractivity contribution in [2.24, 2.45) is 0 Å². The van der Waals surface area contributed by atoms with E-state index in [-0.39, 0.29) is 11.9 Å². The van der Waals surface area contributed by atoms with E-state index in [1.807, 2.05) is 31.3 Å². The van der Waals surface area contributed by atoms with Crippen molar-refractivity contribution in [1.29, 1.82) is 0 Å². The number of hydrogen-bond acceptors (Lipinski definition) is 2. The average molecular weight is 271 g/mol. The summed E-state index contributed by atoms with van der Waals surface area (Å²) in [6.45, 7) is 0. The van der Waals surface area contributed by atoms with E-state index in [0.717, 1.165) is 27.2 Å². The molecule has 0 aliphatic heterocycles. The number of halogens is 1. The fourth-order valence-electron chi connectivity index (χ4n) is 2.55. The fraction of sp³-hybridized carbons (Fsp3) is 0.125. The summed E-state index contributed by atoms with van der Waals surface area (Å²) in [5.74, 6) is -0.198. The van der Waals surface area contributed by atoms with Gasteiger partial charge in [0, 0.05) is 4.90 Å². The summed E-state index contributed by atoms with van der Waals surface area (Å²) in [5.41, 5.74) is 4.31. The van der Waals surface area contributed by atoms with Crippen LogP contribution in [0.5, 0.6) is 0 Å². The zero-order valence-electron chi connectivity index (χ0n) is 10.5. The minimum Gasteiger partial charge on any atom is -0.310 e. The maximum absolute atomic E-state index is 13.4. The van der Waals surface area contributed by atoms with Crippen LogP contribution in [0.1, 0.15) is 22.7 Å². The first-order valence-corrected chi connectivity index (χ1v) is 6.62. The molecular formula is C16H14FNS. The molecular weight excluding hydrogens is 257 g/mol. The standard InChI is InChI=1S/C16H14FNS/c1-18-16-9-14(10-3-2-4-12(19)7-10)13-6-5-11(17)8-15(13)16/h2-9,16,18-19H,1H3. The molecule has 1 aliphatic carbocycles. The number of hydrogen-bond donors (Lipinski definition) is 2. The Morgan fingerprint density at radius 3 is 2.74 bits per heavy atom. The van der Waals surface area contributed by atoms with Crippen LogP contribution in [0.3, 0.4) is 0 Å². The molecule has 1 atom stereocenters. The van der Waals surface area contributed by atoms with Gasteiger partial charge in [-0.05, 0) is 53.6 Å². The molecule has 0 saturated carbocycles. The summed E-state index contributed by atoms with van der Waals surface area (Å²) in [5, 5.41) is 3.20. The predicted molar refractivity (Wildman–Crippen MR) is 79.0 cm³/mol. The molecule has 3 heteroatoms. The Labute approximate surface area is 117 Å². The van der Waals surface area contributed by atoms with E-state index in [1.165, 1.54) is 6.07 Å². The Kier molecular flexibility index (Phi) is 3.17. The third-order valence-corrected chi connectivity index (χ3v) is 3.72. The molecule has 0 bridgehead atoms. The molecule has 0 fully saturated rings. The van der Waals surface area contributed by atoms with E-state index in [9.17, 15) is 4.39 Å². The van der Waals surface area contributed by atoms with E-state index in [0.29, 0.717) is 0 Å². The average Bonchev–Trinajstić information content (AvgIpc) is 2.76. The zero-order valence-corrected chi connectivity index (χ0v) is 11.4. The first kappa shape index (κ1) is 12.5. The summed E-state index contributed by atoms with van der Waals surface area (Å²) < 4.78 is 13.4. The monoisotopic (exact) mass is 271 g/mol. The minimum absolute atomic E-state index is 0.0595. The van der Waals surface area contributed by atoms with Gasteiger partial charge in [0.2, 0.25) is 0 Å². The van der Waals surface area contributed by atoms with E-state index >= 15 is 0 Å². The van der Waals surface area contributed by atoms with Crippen LogP contribution in [0.25, 0.3) is 5.57 Å². The Bertz CT molecular complexity index is 664. The van der Waals surface area contributed by atoms with Crippen molar-refractivity contribution >= 4 is 18.2 Å². The third-order valence-electron chi connectivity index (χ3n) is 3.44. The summed E-state index contributed by atoms with van der Waals surface area (Å²) >= 11 is 4.38. The van der Waals surface area contributed by atoms with Gasteiger partial charge in [-0.1, -0.05) is 24.3 Å². The predicted octanol–water partition coefficient (Wildman–Crippen LogP) is 3.82. The summed E-state index contributed by atoms with van der Waals surface area (Å²) in [6.07, 6.45) is 2.13. The van der Waals surface area contributed by atoms with Crippen molar-refractivity contribution in [1.82, 2.24) is 5.32 Å². The lowest BCUT2D eigenvalue weighted by Crippen LogP contribution is -2.12. The first-order chi connectivity index (χ1) is 9.19. The van der Waals surface area contributed by atoms with E-state index < -0.39 is 0 Å². The molecule has 2 aromatic carbocycles. The van der Waals surface area contributed by atoms with Crippen molar-refractivity contribution in [3.05, 3.63) is 71.0 Å². The second-order valence-electron chi connectivity index (χ2n) is 4.63. The number of likely N-dealkylation sites (N-methyl/N-ethyl adjacent to an activating group) is 1. The van der Waals surface area contributed by atoms with Gasteiger partial charge in [0.1, 0.15) is 5.82 Å². The van der Waals surface area contributed by atoms with Crippen LogP contribution in [0.4, 0.5) is 4.39 Å². The van der Waals surface area contributed by atoms with Gasteiger partial charge in [-0.2, -0.15) is 0 Å². The summed E-state index contributed by atoms with van der Waals surface area (Å²) in [4.78, 5) is 0.926. The lowest BCUT2D eigenvalue weighted by Gasteiger charge is -2.09. The number of fused-ring (bicyclic) bond motifs is 1. The molecule has 1 unspecified atom stereocenters. The molecule has 96 valence electrons. The first-order valence-electron chi connectivity index (χ1n) is 6.17. The van der Waals surface area contributed by atoms with Gasteiger partial charge in [0.05, 0.1) is 6.04 Å². The van der Waals surface area contributed by atoms with Crippen molar-refractivity contribution in [2.45, 2.75) is 10.9 Å². The van der Waals surface area contributed by atoms with Gasteiger partial charge in [-0.15, -0.1) is 12.6 Å². The smallest absolute Gasteiger partial charge is 0.123 e. The number of benzene rings is 2. The summed E-state index contributed by atoms with van der Waals surface area (Å²) in [7, 11) is 1.88. The van der Waals surface area contributed by atoms with Crippen LogP contribution < -0.4 is 5.32 Å². The molecule has 2 aromatic rings. The molecule has 0 saturated heterocycles. The third kappa shape index (κ3) is 2.20. The molecule has 3 rings (SSSR count). The topological polar surface area (TPSA) is 12.0 Å². The molecule has 0 radical (unpaired) electrons. The highest BCUT2D eigenvalue weighted by atomic mass is 32.1. The molecule has 0 spiro atoms. The van der Waals surface area contributed by atoms with Gasteiger partial charge in [0.15, 0.2) is 0 Å². The van der Waals surface area contributed by atoms with Crippen molar-refractivity contribution < 1.29 is 4.39 Å². The molecule has 0 heterocycles. The van der Waals surface area contributed by atoms with Crippen LogP contribution >= 0.6 is 12.6 Å². The second-order valence-corrected chi connectivity index (χ2v) is 5.14. The van der Waals surface area contributed by atoms with Crippen LogP contribution in [0.15, 0.2) is 53.4 Å². The van der Waals surface area contributed by atoms with E-state index in [2.05, 4.69) is 30.1 Å². The zero-order chi connectivity index (χ0) is 13.4. The van der Waals surface area contributed by atoms with Crippen molar-refractivity contribution in [3.63, 3.8) is 0 Å². The SMILES string of the molecule is CNC1C=C(c2cccc(S)c2)c2ccc(F)cc21. The largest absolute Gasteiger partial charge is 0.310 e. The molecule has 1 aliphatic rings. The highest BCUT2D eigenvalue weighted by Gasteiger charge is 2.23. The molecule has 0 amide bonds. The van der Waals surface area contributed by atoms with Crippen LogP contribution in [-0.4, -0.2) is 7.05 Å². The maximum Gasteiger partial charge on any atom is 0.123 e. The summed E-state index contributed by atoms with van der Waals surface area (Å²) in [6, 6.07) is 13.0. The Morgan fingerprint density at radius 2 is 2.00 bits per heavy atom. The van der Waals surface area contributed by atoms with Gasteiger partial charge in [-0.25, -0.2) is 4.39 Å². The van der Waals surface area contributed by atoms with Gasteiger partial charge < -0.3 is 5.32 Å². The lowest BCUT2D eigenvalue weighted by atomic mass is 9.99. The van der Waals surface area contributed by atoms with Crippen LogP contribution in [-0.2, 0) is 0 Å². The van der Waals surface area contributed by atoms with E-state index in [4.69, 9.17) is 0 Å². The van der Waals surface area contributed by atoms with Crippen LogP contribution in [0, 0.1) is 5.82 Å². The van der Waals surface area contributed by atoms with Crippen molar-refractivity contribution in [3.8, 4) is 0 Å². The number of thiol groups is 1. The lowest BCUT2D eigenvalue weighted by molar-refractivity contribution is 0.620. The quantitative estimate of drug-likeness (QED) is 0.791. The number of nitrogens with one attached hydrogen (secondary N) is 1. The number of rotatable bonds is 2. The van der Waals surface area contributed by atoms with Gasteiger partial charge in [0.25, 0.3) is 0 Å². The molecule has 0 aromatic heterocycles. The van der Waals surface area contributed by atoms with Gasteiger partial charge in [-0.3, -0.25) is 0 Å². The van der Waals surface area contributed by atoms with Crippen LogP contribution in [0.2, 0.25) is 0 Å². The highest BCUT2D eigenvalue weighted by Crippen LogP contribution is 2.38. The van der Waals surface area contributed by atoms with Gasteiger partial charge >= 0.3 is 0 Å². The fourth-order valence-corrected chi connectivity index (χ4v) is 2.77. The Balaban J connectivity index is 2.14. The van der Waals surface area contributed by atoms with Crippen molar-refractivity contribution in [2.75, 3.05) is 7.05 Å². The minimum atomic E-state index is -0.198. The van der Waals surface area contributed by atoms with E-state index in [1.54, 1.807) is 6.07 Å². The molecule has 1 nitrogen and oxygen atoms in total.